The maximum atomic E-state index is 13.0. The van der Waals surface area contributed by atoms with E-state index in [1.807, 2.05) is 30.5 Å². The monoisotopic (exact) mass is 352 g/mol. The van der Waals surface area contributed by atoms with E-state index in [9.17, 15) is 9.90 Å². The highest BCUT2D eigenvalue weighted by Gasteiger charge is 2.68. The lowest BCUT2D eigenvalue weighted by Crippen LogP contribution is -2.42. The number of carbonyl (C=O) groups is 1. The van der Waals surface area contributed by atoms with Gasteiger partial charge in [-0.1, -0.05) is 45.9 Å². The second-order valence-corrected chi connectivity index (χ2v) is 9.21. The van der Waals surface area contributed by atoms with Crippen molar-refractivity contribution in [3.8, 4) is 0 Å². The molecule has 1 aromatic heterocycles. The van der Waals surface area contributed by atoms with Crippen molar-refractivity contribution in [2.75, 3.05) is 0 Å². The standard InChI is InChI=1S/C22H28N2O2/c1-21(2)19(22(21,3)4)20(26)24-18(14-10-16(25)11-14)15-9-13-7-5-6-8-17(13)23-12-15/h5-9,12,14,16,18-19,25H,10-11H2,1-4H3,(H,24,26)/t14?,16?,18-/m1/s1. The number of pyridine rings is 1. The molecule has 0 unspecified atom stereocenters. The molecule has 138 valence electrons. The number of nitrogens with zero attached hydrogens (tertiary/aromatic N) is 1. The number of benzene rings is 1. The fourth-order valence-corrected chi connectivity index (χ4v) is 4.72. The Morgan fingerprint density at radius 3 is 2.46 bits per heavy atom. The Morgan fingerprint density at radius 1 is 1.19 bits per heavy atom. The summed E-state index contributed by atoms with van der Waals surface area (Å²) >= 11 is 0. The fourth-order valence-electron chi connectivity index (χ4n) is 4.72. The summed E-state index contributed by atoms with van der Waals surface area (Å²) in [6, 6.07) is 10.1. The molecule has 4 rings (SSSR count). The number of para-hydroxylation sites is 1. The van der Waals surface area contributed by atoms with Crippen LogP contribution in [-0.4, -0.2) is 22.1 Å². The number of aliphatic hydroxyl groups is 1. The Morgan fingerprint density at radius 2 is 1.85 bits per heavy atom. The van der Waals surface area contributed by atoms with Crippen molar-refractivity contribution in [2.24, 2.45) is 22.7 Å². The molecule has 0 radical (unpaired) electrons. The zero-order valence-electron chi connectivity index (χ0n) is 16.0. The van der Waals surface area contributed by atoms with Crippen LogP contribution in [0.1, 0.15) is 52.1 Å². The molecule has 2 N–H and O–H groups in total. The van der Waals surface area contributed by atoms with Crippen LogP contribution in [0.4, 0.5) is 0 Å². The van der Waals surface area contributed by atoms with Crippen molar-refractivity contribution in [1.82, 2.24) is 10.3 Å². The average Bonchev–Trinajstić information content (AvgIpc) is 2.98. The smallest absolute Gasteiger partial charge is 0.224 e. The van der Waals surface area contributed by atoms with Gasteiger partial charge in [0.1, 0.15) is 0 Å². The van der Waals surface area contributed by atoms with Gasteiger partial charge in [0.05, 0.1) is 17.7 Å². The SMILES string of the molecule is CC1(C)C(C(=O)N[C@@H](c2cnc3ccccc3c2)C2CC(O)C2)C1(C)C. The maximum absolute atomic E-state index is 13.0. The van der Waals surface area contributed by atoms with Gasteiger partial charge in [-0.25, -0.2) is 0 Å². The van der Waals surface area contributed by atoms with Crippen LogP contribution < -0.4 is 5.32 Å². The first kappa shape index (κ1) is 17.5. The van der Waals surface area contributed by atoms with Crippen LogP contribution in [0.2, 0.25) is 0 Å². The van der Waals surface area contributed by atoms with Crippen molar-refractivity contribution in [2.45, 2.75) is 52.7 Å². The number of aromatic nitrogens is 1. The Kier molecular flexibility index (Phi) is 3.88. The number of hydrogen-bond acceptors (Lipinski definition) is 3. The van der Waals surface area contributed by atoms with Gasteiger partial charge in [0, 0.05) is 17.5 Å². The van der Waals surface area contributed by atoms with Crippen molar-refractivity contribution < 1.29 is 9.90 Å². The van der Waals surface area contributed by atoms with Gasteiger partial charge in [-0.15, -0.1) is 0 Å². The van der Waals surface area contributed by atoms with E-state index in [4.69, 9.17) is 0 Å². The van der Waals surface area contributed by atoms with Gasteiger partial charge >= 0.3 is 0 Å². The van der Waals surface area contributed by atoms with E-state index < -0.39 is 0 Å². The summed E-state index contributed by atoms with van der Waals surface area (Å²) in [7, 11) is 0. The second kappa shape index (κ2) is 5.78. The van der Waals surface area contributed by atoms with Crippen molar-refractivity contribution in [3.05, 3.63) is 42.1 Å². The number of rotatable bonds is 4. The molecule has 2 saturated carbocycles. The lowest BCUT2D eigenvalue weighted by atomic mass is 9.75. The molecule has 2 fully saturated rings. The first-order chi connectivity index (χ1) is 12.2. The van der Waals surface area contributed by atoms with Crippen molar-refractivity contribution in [1.29, 1.82) is 0 Å². The highest BCUT2D eigenvalue weighted by molar-refractivity contribution is 5.85. The number of aliphatic hydroxyl groups excluding tert-OH is 1. The number of nitrogens with one attached hydrogen (secondary N) is 1. The highest BCUT2D eigenvalue weighted by atomic mass is 16.3. The van der Waals surface area contributed by atoms with Crippen LogP contribution >= 0.6 is 0 Å². The topological polar surface area (TPSA) is 62.2 Å². The molecule has 4 nitrogen and oxygen atoms in total. The third kappa shape index (κ3) is 2.62. The first-order valence-corrected chi connectivity index (χ1v) is 9.55. The molecule has 0 saturated heterocycles. The fraction of sp³-hybridized carbons (Fsp3) is 0.545. The summed E-state index contributed by atoms with van der Waals surface area (Å²) in [5, 5.41) is 14.2. The lowest BCUT2D eigenvalue weighted by Gasteiger charge is -2.38. The van der Waals surface area contributed by atoms with Gasteiger partial charge in [-0.3, -0.25) is 9.78 Å². The molecule has 1 heterocycles. The van der Waals surface area contributed by atoms with Gasteiger partial charge in [0.25, 0.3) is 0 Å². The summed E-state index contributed by atoms with van der Waals surface area (Å²) in [6.45, 7) is 8.65. The van der Waals surface area contributed by atoms with Gasteiger partial charge < -0.3 is 10.4 Å². The summed E-state index contributed by atoms with van der Waals surface area (Å²) in [5.41, 5.74) is 2.02. The van der Waals surface area contributed by atoms with Crippen LogP contribution in [0.5, 0.6) is 0 Å². The summed E-state index contributed by atoms with van der Waals surface area (Å²) < 4.78 is 0. The van der Waals surface area contributed by atoms with E-state index in [-0.39, 0.29) is 40.7 Å². The molecule has 0 spiro atoms. The predicted octanol–water partition coefficient (Wildman–Crippen LogP) is 3.85. The number of hydrogen-bond donors (Lipinski definition) is 2. The van der Waals surface area contributed by atoms with Gasteiger partial charge in [0.15, 0.2) is 0 Å². The zero-order valence-corrected chi connectivity index (χ0v) is 16.0. The Bertz CT molecular complexity index is 838. The number of amides is 1. The van der Waals surface area contributed by atoms with Crippen molar-refractivity contribution in [3.63, 3.8) is 0 Å². The number of carbonyl (C=O) groups excluding carboxylic acids is 1. The minimum atomic E-state index is -0.248. The van der Waals surface area contributed by atoms with Crippen LogP contribution in [0.3, 0.4) is 0 Å². The van der Waals surface area contributed by atoms with E-state index in [2.05, 4.69) is 44.1 Å². The lowest BCUT2D eigenvalue weighted by molar-refractivity contribution is -0.125. The molecule has 26 heavy (non-hydrogen) atoms. The Hall–Kier alpha value is -1.94. The third-order valence-electron chi connectivity index (χ3n) is 7.17. The van der Waals surface area contributed by atoms with E-state index in [1.165, 1.54) is 0 Å². The molecule has 1 amide bonds. The van der Waals surface area contributed by atoms with Gasteiger partial charge in [-0.05, 0) is 47.3 Å². The van der Waals surface area contributed by atoms with E-state index in [0.717, 1.165) is 29.3 Å². The largest absolute Gasteiger partial charge is 0.393 e. The normalized spacial score (nSPS) is 27.6. The molecule has 0 bridgehead atoms. The Labute approximate surface area is 155 Å². The molecular formula is C22H28N2O2. The summed E-state index contributed by atoms with van der Waals surface area (Å²) in [5.74, 6) is 0.414. The van der Waals surface area contributed by atoms with Crippen LogP contribution in [0, 0.1) is 22.7 Å². The number of fused-ring (bicyclic) bond motifs is 1. The quantitative estimate of drug-likeness (QED) is 0.879. The van der Waals surface area contributed by atoms with Gasteiger partial charge in [-0.2, -0.15) is 0 Å². The molecule has 2 aliphatic carbocycles. The molecule has 2 aliphatic rings. The maximum Gasteiger partial charge on any atom is 0.224 e. The summed E-state index contributed by atoms with van der Waals surface area (Å²) in [4.78, 5) is 17.6. The van der Waals surface area contributed by atoms with E-state index >= 15 is 0 Å². The third-order valence-corrected chi connectivity index (χ3v) is 7.17. The zero-order chi connectivity index (χ0) is 18.7. The molecular weight excluding hydrogens is 324 g/mol. The molecule has 0 aliphatic heterocycles. The average molecular weight is 352 g/mol. The molecule has 1 atom stereocenters. The molecule has 4 heteroatoms. The van der Waals surface area contributed by atoms with Crippen LogP contribution in [0.15, 0.2) is 36.5 Å². The van der Waals surface area contributed by atoms with Crippen LogP contribution in [-0.2, 0) is 4.79 Å². The highest BCUT2D eigenvalue weighted by Crippen LogP contribution is 2.68. The van der Waals surface area contributed by atoms with E-state index in [1.54, 1.807) is 0 Å². The molecule has 2 aromatic rings. The second-order valence-electron chi connectivity index (χ2n) is 9.21. The first-order valence-electron chi connectivity index (χ1n) is 9.55. The predicted molar refractivity (Wildman–Crippen MR) is 102 cm³/mol. The molecule has 1 aromatic carbocycles. The summed E-state index contributed by atoms with van der Waals surface area (Å²) in [6.07, 6.45) is 3.09. The van der Waals surface area contributed by atoms with E-state index in [0.29, 0.717) is 0 Å². The minimum Gasteiger partial charge on any atom is -0.393 e. The van der Waals surface area contributed by atoms with Crippen molar-refractivity contribution >= 4 is 16.8 Å². The van der Waals surface area contributed by atoms with Crippen LogP contribution in [0.25, 0.3) is 10.9 Å². The Balaban J connectivity index is 1.61. The van der Waals surface area contributed by atoms with Gasteiger partial charge in [0.2, 0.25) is 5.91 Å². The minimum absolute atomic E-state index is 0.0163.